The number of likely N-dealkylation sites (tertiary alicyclic amines) is 1. The van der Waals surface area contributed by atoms with Gasteiger partial charge in [0, 0.05) is 31.2 Å². The second-order valence-corrected chi connectivity index (χ2v) is 5.43. The number of nitrogens with zero attached hydrogens (tertiary/aromatic N) is 4. The Hall–Kier alpha value is -0.900. The van der Waals surface area contributed by atoms with Gasteiger partial charge < -0.3 is 0 Å². The molecule has 1 unspecified atom stereocenters. The van der Waals surface area contributed by atoms with Gasteiger partial charge >= 0.3 is 0 Å². The molecule has 1 saturated heterocycles. The fourth-order valence-electron chi connectivity index (χ4n) is 2.49. The Kier molecular flexibility index (Phi) is 2.46. The minimum absolute atomic E-state index is 0.544. The van der Waals surface area contributed by atoms with Gasteiger partial charge in [0.15, 0.2) is 0 Å². The highest BCUT2D eigenvalue weighted by molar-refractivity contribution is 5.09. The molecule has 1 aliphatic carbocycles. The van der Waals surface area contributed by atoms with E-state index in [9.17, 15) is 0 Å². The number of rotatable bonds is 3. The van der Waals surface area contributed by atoms with E-state index in [2.05, 4.69) is 39.9 Å². The maximum Gasteiger partial charge on any atom is 0.0858 e. The van der Waals surface area contributed by atoms with Gasteiger partial charge in [0.2, 0.25) is 0 Å². The van der Waals surface area contributed by atoms with E-state index in [0.717, 1.165) is 12.5 Å². The molecule has 4 heteroatoms. The normalized spacial score (nSPS) is 26.8. The molecule has 2 aliphatic rings. The van der Waals surface area contributed by atoms with Crippen molar-refractivity contribution in [3.05, 3.63) is 11.9 Å². The Bertz CT molecular complexity index is 367. The fourth-order valence-corrected chi connectivity index (χ4v) is 2.49. The highest BCUT2D eigenvalue weighted by Crippen LogP contribution is 2.39. The molecular formula is C12H20N4. The zero-order valence-electron chi connectivity index (χ0n) is 10.1. The monoisotopic (exact) mass is 220 g/mol. The first kappa shape index (κ1) is 10.3. The van der Waals surface area contributed by atoms with Gasteiger partial charge in [0.25, 0.3) is 0 Å². The number of hydrogen-bond acceptors (Lipinski definition) is 3. The molecule has 1 aromatic rings. The van der Waals surface area contributed by atoms with E-state index < -0.39 is 0 Å². The summed E-state index contributed by atoms with van der Waals surface area (Å²) in [5.41, 5.74) is 1.21. The summed E-state index contributed by atoms with van der Waals surface area (Å²) in [6.45, 7) is 6.85. The van der Waals surface area contributed by atoms with Gasteiger partial charge in [0.05, 0.1) is 11.7 Å². The van der Waals surface area contributed by atoms with Gasteiger partial charge in [-0.1, -0.05) is 5.21 Å². The van der Waals surface area contributed by atoms with E-state index in [-0.39, 0.29) is 0 Å². The lowest BCUT2D eigenvalue weighted by molar-refractivity contribution is 0.262. The van der Waals surface area contributed by atoms with Crippen molar-refractivity contribution >= 4 is 0 Å². The first-order chi connectivity index (χ1) is 7.74. The van der Waals surface area contributed by atoms with E-state index in [0.29, 0.717) is 12.1 Å². The lowest BCUT2D eigenvalue weighted by atomic mass is 10.2. The lowest BCUT2D eigenvalue weighted by Crippen LogP contribution is -2.28. The topological polar surface area (TPSA) is 34.0 Å². The molecule has 0 amide bonds. The second kappa shape index (κ2) is 3.84. The summed E-state index contributed by atoms with van der Waals surface area (Å²) in [5, 5.41) is 8.58. The molecule has 16 heavy (non-hydrogen) atoms. The fraction of sp³-hybridized carbons (Fsp3) is 0.833. The van der Waals surface area contributed by atoms with Crippen LogP contribution in [0.2, 0.25) is 0 Å². The van der Waals surface area contributed by atoms with Crippen LogP contribution in [0.3, 0.4) is 0 Å². The van der Waals surface area contributed by atoms with Crippen LogP contribution in [0.4, 0.5) is 0 Å². The second-order valence-electron chi connectivity index (χ2n) is 5.43. The third kappa shape index (κ3) is 1.86. The van der Waals surface area contributed by atoms with Crippen molar-refractivity contribution in [2.45, 2.75) is 51.1 Å². The molecule has 1 aromatic heterocycles. The van der Waals surface area contributed by atoms with Gasteiger partial charge in [-0.05, 0) is 33.1 Å². The van der Waals surface area contributed by atoms with Crippen LogP contribution in [0, 0.1) is 0 Å². The van der Waals surface area contributed by atoms with Gasteiger partial charge in [-0.3, -0.25) is 4.90 Å². The molecule has 0 radical (unpaired) electrons. The Labute approximate surface area is 96.6 Å². The quantitative estimate of drug-likeness (QED) is 0.779. The average Bonchev–Trinajstić information content (AvgIpc) is 2.83. The van der Waals surface area contributed by atoms with E-state index in [1.165, 1.54) is 31.5 Å². The lowest BCUT2D eigenvalue weighted by Gasteiger charge is -2.19. The van der Waals surface area contributed by atoms with Crippen molar-refractivity contribution in [1.29, 1.82) is 0 Å². The van der Waals surface area contributed by atoms with Crippen LogP contribution in [-0.4, -0.2) is 39.0 Å². The molecule has 88 valence electrons. The highest BCUT2D eigenvalue weighted by Gasteiger charge is 2.30. The maximum absolute atomic E-state index is 4.29. The third-order valence-corrected chi connectivity index (χ3v) is 3.82. The molecule has 4 nitrogen and oxygen atoms in total. The summed E-state index contributed by atoms with van der Waals surface area (Å²) in [4.78, 5) is 2.52. The molecule has 0 spiro atoms. The van der Waals surface area contributed by atoms with Gasteiger partial charge in [-0.15, -0.1) is 5.10 Å². The van der Waals surface area contributed by atoms with E-state index in [1.807, 2.05) is 0 Å². The standard InChI is InChI=1S/C12H20N4/c1-9(2)15-6-5-11(7-15)16-8-12(13-14-16)10-3-4-10/h8-11H,3-7H2,1-2H3. The zero-order chi connectivity index (χ0) is 11.1. The van der Waals surface area contributed by atoms with Crippen LogP contribution >= 0.6 is 0 Å². The predicted molar refractivity (Wildman–Crippen MR) is 62.4 cm³/mol. The molecule has 3 rings (SSSR count). The van der Waals surface area contributed by atoms with Gasteiger partial charge in [-0.2, -0.15) is 0 Å². The van der Waals surface area contributed by atoms with E-state index in [4.69, 9.17) is 0 Å². The smallest absolute Gasteiger partial charge is 0.0858 e. The van der Waals surface area contributed by atoms with Gasteiger partial charge in [-0.25, -0.2) is 4.68 Å². The average molecular weight is 220 g/mol. The van der Waals surface area contributed by atoms with E-state index in [1.54, 1.807) is 0 Å². The Morgan fingerprint density at radius 3 is 2.75 bits per heavy atom. The first-order valence-corrected chi connectivity index (χ1v) is 6.40. The van der Waals surface area contributed by atoms with Gasteiger partial charge in [0.1, 0.15) is 0 Å². The highest BCUT2D eigenvalue weighted by atomic mass is 15.4. The summed E-state index contributed by atoms with van der Waals surface area (Å²) in [7, 11) is 0. The predicted octanol–water partition coefficient (Wildman–Crippen LogP) is 1.81. The molecule has 1 aliphatic heterocycles. The van der Waals surface area contributed by atoms with Crippen molar-refractivity contribution in [3.8, 4) is 0 Å². The van der Waals surface area contributed by atoms with Crippen molar-refractivity contribution in [2.75, 3.05) is 13.1 Å². The minimum atomic E-state index is 0.544. The summed E-state index contributed by atoms with van der Waals surface area (Å²) in [5.74, 6) is 0.719. The van der Waals surface area contributed by atoms with Crippen molar-refractivity contribution in [2.24, 2.45) is 0 Å². The van der Waals surface area contributed by atoms with Crippen molar-refractivity contribution in [3.63, 3.8) is 0 Å². The largest absolute Gasteiger partial charge is 0.299 e. The summed E-state index contributed by atoms with van der Waals surface area (Å²) in [6, 6.07) is 1.19. The maximum atomic E-state index is 4.29. The molecule has 1 atom stereocenters. The van der Waals surface area contributed by atoms with Crippen LogP contribution in [0.25, 0.3) is 0 Å². The molecule has 1 saturated carbocycles. The van der Waals surface area contributed by atoms with Crippen LogP contribution < -0.4 is 0 Å². The molecule has 0 aromatic carbocycles. The number of aromatic nitrogens is 3. The Morgan fingerprint density at radius 2 is 2.12 bits per heavy atom. The SMILES string of the molecule is CC(C)N1CCC(n2cc(C3CC3)nn2)C1. The zero-order valence-corrected chi connectivity index (χ0v) is 10.1. The molecule has 0 N–H and O–H groups in total. The first-order valence-electron chi connectivity index (χ1n) is 6.40. The molecule has 2 fully saturated rings. The van der Waals surface area contributed by atoms with Crippen LogP contribution in [0.15, 0.2) is 6.20 Å². The molecule has 2 heterocycles. The van der Waals surface area contributed by atoms with E-state index >= 15 is 0 Å². The third-order valence-electron chi connectivity index (χ3n) is 3.82. The summed E-state index contributed by atoms with van der Waals surface area (Å²) < 4.78 is 2.09. The van der Waals surface area contributed by atoms with Crippen LogP contribution in [0.1, 0.15) is 50.8 Å². The van der Waals surface area contributed by atoms with Crippen LogP contribution in [0.5, 0.6) is 0 Å². The summed E-state index contributed by atoms with van der Waals surface area (Å²) in [6.07, 6.45) is 6.00. The van der Waals surface area contributed by atoms with Crippen molar-refractivity contribution in [1.82, 2.24) is 19.9 Å². The Balaban J connectivity index is 1.68. The van der Waals surface area contributed by atoms with Crippen LogP contribution in [-0.2, 0) is 0 Å². The number of hydrogen-bond donors (Lipinski definition) is 0. The summed E-state index contributed by atoms with van der Waals surface area (Å²) >= 11 is 0. The molecular weight excluding hydrogens is 200 g/mol. The minimum Gasteiger partial charge on any atom is -0.299 e. The Morgan fingerprint density at radius 1 is 1.31 bits per heavy atom. The van der Waals surface area contributed by atoms with Crippen molar-refractivity contribution < 1.29 is 0 Å². The molecule has 0 bridgehead atoms.